The molecule has 1 aromatic carbocycles. The standard InChI is InChI=1S/C15H19BrN2O3/c1-11-10-12(16)2-3-13(11)15(21)18-8-6-17(7-9-18)5-4-14(19)20/h2-3,10H,4-9H2,1H3,(H,19,20). The van der Waals surface area contributed by atoms with Crippen LogP contribution >= 0.6 is 15.9 Å². The Balaban J connectivity index is 1.92. The van der Waals surface area contributed by atoms with E-state index in [1.54, 1.807) is 0 Å². The number of piperazine rings is 1. The summed E-state index contributed by atoms with van der Waals surface area (Å²) in [4.78, 5) is 27.0. The maximum absolute atomic E-state index is 12.5. The average Bonchev–Trinajstić information content (AvgIpc) is 2.45. The van der Waals surface area contributed by atoms with Gasteiger partial charge < -0.3 is 10.0 Å². The lowest BCUT2D eigenvalue weighted by molar-refractivity contribution is -0.137. The monoisotopic (exact) mass is 354 g/mol. The van der Waals surface area contributed by atoms with Crippen molar-refractivity contribution in [1.29, 1.82) is 0 Å². The Morgan fingerprint density at radius 3 is 2.48 bits per heavy atom. The Morgan fingerprint density at radius 1 is 1.24 bits per heavy atom. The van der Waals surface area contributed by atoms with Gasteiger partial charge in [0.05, 0.1) is 6.42 Å². The lowest BCUT2D eigenvalue weighted by Crippen LogP contribution is -2.49. The fourth-order valence-electron chi connectivity index (χ4n) is 2.47. The first-order chi connectivity index (χ1) is 9.97. The van der Waals surface area contributed by atoms with Crippen LogP contribution in [0.5, 0.6) is 0 Å². The predicted molar refractivity (Wildman–Crippen MR) is 83.5 cm³/mol. The topological polar surface area (TPSA) is 60.9 Å². The molecule has 0 saturated carbocycles. The van der Waals surface area contributed by atoms with Crippen LogP contribution in [-0.2, 0) is 4.79 Å². The molecule has 1 aliphatic heterocycles. The zero-order valence-electron chi connectivity index (χ0n) is 12.0. The zero-order valence-corrected chi connectivity index (χ0v) is 13.6. The fraction of sp³-hybridized carbons (Fsp3) is 0.467. The van der Waals surface area contributed by atoms with Gasteiger partial charge in [0.1, 0.15) is 0 Å². The van der Waals surface area contributed by atoms with Crippen molar-refractivity contribution in [3.05, 3.63) is 33.8 Å². The molecule has 1 amide bonds. The van der Waals surface area contributed by atoms with E-state index in [0.717, 1.165) is 28.7 Å². The van der Waals surface area contributed by atoms with Gasteiger partial charge in [-0.25, -0.2) is 0 Å². The molecule has 1 aromatic rings. The minimum absolute atomic E-state index is 0.0536. The van der Waals surface area contributed by atoms with Gasteiger partial charge in [-0.15, -0.1) is 0 Å². The lowest BCUT2D eigenvalue weighted by atomic mass is 10.1. The van der Waals surface area contributed by atoms with Crippen molar-refractivity contribution in [2.24, 2.45) is 0 Å². The van der Waals surface area contributed by atoms with Gasteiger partial charge in [-0.3, -0.25) is 14.5 Å². The van der Waals surface area contributed by atoms with Crippen molar-refractivity contribution in [3.8, 4) is 0 Å². The van der Waals surface area contributed by atoms with Gasteiger partial charge in [0.15, 0.2) is 0 Å². The number of amides is 1. The summed E-state index contributed by atoms with van der Waals surface area (Å²) in [5, 5.41) is 8.69. The third-order valence-electron chi connectivity index (χ3n) is 3.72. The molecule has 1 aliphatic rings. The van der Waals surface area contributed by atoms with E-state index in [4.69, 9.17) is 5.11 Å². The molecule has 6 heteroatoms. The van der Waals surface area contributed by atoms with Gasteiger partial charge in [0.2, 0.25) is 0 Å². The zero-order chi connectivity index (χ0) is 15.4. The molecule has 1 heterocycles. The van der Waals surface area contributed by atoms with Crippen LogP contribution in [0.25, 0.3) is 0 Å². The minimum atomic E-state index is -0.779. The number of carbonyl (C=O) groups is 2. The van der Waals surface area contributed by atoms with E-state index in [1.807, 2.05) is 30.0 Å². The quantitative estimate of drug-likeness (QED) is 0.898. The Hall–Kier alpha value is -1.40. The molecule has 0 radical (unpaired) electrons. The first-order valence-corrected chi connectivity index (χ1v) is 7.76. The van der Waals surface area contributed by atoms with Crippen LogP contribution in [0.4, 0.5) is 0 Å². The molecule has 0 atom stereocenters. The number of rotatable bonds is 4. The Morgan fingerprint density at radius 2 is 1.90 bits per heavy atom. The summed E-state index contributed by atoms with van der Waals surface area (Å²) in [6.45, 7) is 5.24. The minimum Gasteiger partial charge on any atom is -0.481 e. The number of halogens is 1. The molecule has 0 aliphatic carbocycles. The highest BCUT2D eigenvalue weighted by molar-refractivity contribution is 9.10. The van der Waals surface area contributed by atoms with Crippen molar-refractivity contribution in [1.82, 2.24) is 9.80 Å². The summed E-state index contributed by atoms with van der Waals surface area (Å²) in [5.41, 5.74) is 1.69. The number of benzene rings is 1. The number of carboxylic acids is 1. The van der Waals surface area contributed by atoms with Crippen LogP contribution in [0.3, 0.4) is 0 Å². The first kappa shape index (κ1) is 16.0. The van der Waals surface area contributed by atoms with Crippen LogP contribution < -0.4 is 0 Å². The molecule has 5 nitrogen and oxygen atoms in total. The molecule has 2 rings (SSSR count). The largest absolute Gasteiger partial charge is 0.481 e. The van der Waals surface area contributed by atoms with E-state index < -0.39 is 5.97 Å². The van der Waals surface area contributed by atoms with Crippen molar-refractivity contribution >= 4 is 27.8 Å². The van der Waals surface area contributed by atoms with Crippen molar-refractivity contribution in [2.45, 2.75) is 13.3 Å². The van der Waals surface area contributed by atoms with E-state index >= 15 is 0 Å². The maximum Gasteiger partial charge on any atom is 0.304 e. The van der Waals surface area contributed by atoms with Crippen LogP contribution in [0.1, 0.15) is 22.3 Å². The second-order valence-corrected chi connectivity index (χ2v) is 6.15. The molecule has 1 N–H and O–H groups in total. The molecule has 0 aromatic heterocycles. The Bertz CT molecular complexity index is 540. The van der Waals surface area contributed by atoms with E-state index in [-0.39, 0.29) is 12.3 Å². The summed E-state index contributed by atoms with van der Waals surface area (Å²) in [6, 6.07) is 5.66. The van der Waals surface area contributed by atoms with Crippen molar-refractivity contribution in [3.63, 3.8) is 0 Å². The Kier molecular flexibility index (Phi) is 5.36. The third-order valence-corrected chi connectivity index (χ3v) is 4.21. The van der Waals surface area contributed by atoms with Crippen molar-refractivity contribution in [2.75, 3.05) is 32.7 Å². The van der Waals surface area contributed by atoms with Gasteiger partial charge in [-0.1, -0.05) is 15.9 Å². The molecule has 0 unspecified atom stereocenters. The smallest absolute Gasteiger partial charge is 0.304 e. The maximum atomic E-state index is 12.5. The predicted octanol–water partition coefficient (Wildman–Crippen LogP) is 1.99. The van der Waals surface area contributed by atoms with Crippen LogP contribution in [0.2, 0.25) is 0 Å². The molecular weight excluding hydrogens is 336 g/mol. The van der Waals surface area contributed by atoms with Gasteiger partial charge in [-0.2, -0.15) is 0 Å². The van der Waals surface area contributed by atoms with Gasteiger partial charge >= 0.3 is 5.97 Å². The molecule has 1 fully saturated rings. The van der Waals surface area contributed by atoms with Gasteiger partial charge in [0.25, 0.3) is 5.91 Å². The summed E-state index contributed by atoms with van der Waals surface area (Å²) < 4.78 is 0.968. The number of nitrogens with zero attached hydrogens (tertiary/aromatic N) is 2. The number of carboxylic acid groups (broad SMARTS) is 1. The highest BCUT2D eigenvalue weighted by atomic mass is 79.9. The molecule has 21 heavy (non-hydrogen) atoms. The van der Waals surface area contributed by atoms with Crippen LogP contribution in [-0.4, -0.2) is 59.5 Å². The Labute approximate surface area is 132 Å². The van der Waals surface area contributed by atoms with E-state index in [0.29, 0.717) is 19.6 Å². The van der Waals surface area contributed by atoms with Gasteiger partial charge in [0, 0.05) is 42.8 Å². The number of hydrogen-bond acceptors (Lipinski definition) is 3. The van der Waals surface area contributed by atoms with Crippen LogP contribution in [0.15, 0.2) is 22.7 Å². The second kappa shape index (κ2) is 7.04. The van der Waals surface area contributed by atoms with Crippen LogP contribution in [0, 0.1) is 6.92 Å². The second-order valence-electron chi connectivity index (χ2n) is 5.24. The van der Waals surface area contributed by atoms with E-state index in [2.05, 4.69) is 20.8 Å². The summed E-state index contributed by atoms with van der Waals surface area (Å²) in [6.07, 6.45) is 0.153. The third kappa shape index (κ3) is 4.28. The summed E-state index contributed by atoms with van der Waals surface area (Å²) >= 11 is 3.40. The summed E-state index contributed by atoms with van der Waals surface area (Å²) in [7, 11) is 0. The molecular formula is C15H19BrN2O3. The normalized spacial score (nSPS) is 16.0. The van der Waals surface area contributed by atoms with E-state index in [1.165, 1.54) is 0 Å². The van der Waals surface area contributed by atoms with Crippen molar-refractivity contribution < 1.29 is 14.7 Å². The number of hydrogen-bond donors (Lipinski definition) is 1. The highest BCUT2D eigenvalue weighted by Gasteiger charge is 2.23. The average molecular weight is 355 g/mol. The van der Waals surface area contributed by atoms with E-state index in [9.17, 15) is 9.59 Å². The highest BCUT2D eigenvalue weighted by Crippen LogP contribution is 2.18. The molecule has 114 valence electrons. The number of aryl methyl sites for hydroxylation is 1. The number of aliphatic carboxylic acids is 1. The first-order valence-electron chi connectivity index (χ1n) is 6.97. The molecule has 1 saturated heterocycles. The van der Waals surface area contributed by atoms with Gasteiger partial charge in [-0.05, 0) is 30.7 Å². The fourth-order valence-corrected chi connectivity index (χ4v) is 2.94. The molecule has 0 spiro atoms. The molecule has 0 bridgehead atoms. The lowest BCUT2D eigenvalue weighted by Gasteiger charge is -2.34. The number of carbonyl (C=O) groups excluding carboxylic acids is 1. The summed E-state index contributed by atoms with van der Waals surface area (Å²) in [5.74, 6) is -0.725. The SMILES string of the molecule is Cc1cc(Br)ccc1C(=O)N1CCN(CCC(=O)O)CC1.